The molecule has 0 spiro atoms. The molecule has 0 bridgehead atoms. The van der Waals surface area contributed by atoms with E-state index in [4.69, 9.17) is 4.74 Å². The van der Waals surface area contributed by atoms with Crippen LogP contribution >= 0.6 is 6.89 Å². The topological polar surface area (TPSA) is 72.5 Å². The van der Waals surface area contributed by atoms with Crippen LogP contribution in [0.3, 0.4) is 0 Å². The van der Waals surface area contributed by atoms with Crippen LogP contribution in [-0.4, -0.2) is 35.6 Å². The highest BCUT2D eigenvalue weighted by Gasteiger charge is 2.41. The van der Waals surface area contributed by atoms with E-state index in [1.54, 1.807) is 31.2 Å². The number of hydrogen-bond donors (Lipinski definition) is 1. The number of ether oxygens (including phenoxy) is 1. The van der Waals surface area contributed by atoms with E-state index in [1.807, 2.05) is 111 Å². The van der Waals surface area contributed by atoms with Crippen molar-refractivity contribution in [3.8, 4) is 0 Å². The second kappa shape index (κ2) is 13.2. The molecule has 0 aliphatic heterocycles. The maximum Gasteiger partial charge on any atom is 0.342 e. The zero-order chi connectivity index (χ0) is 28.5. The number of ketones is 1. The Balaban J connectivity index is 2.10. The molecule has 40 heavy (non-hydrogen) atoms. The third-order valence-corrected chi connectivity index (χ3v) is 11.0. The summed E-state index contributed by atoms with van der Waals surface area (Å²) >= 11 is 0. The second-order valence-corrected chi connectivity index (χ2v) is 13.0. The zero-order valence-corrected chi connectivity index (χ0v) is 23.9. The monoisotopic (exact) mass is 551 g/mol. The molecule has 0 aliphatic carbocycles. The number of benzene rings is 4. The summed E-state index contributed by atoms with van der Waals surface area (Å²) in [5.74, 6) is -1.78. The van der Waals surface area contributed by atoms with E-state index < -0.39 is 24.7 Å². The summed E-state index contributed by atoms with van der Waals surface area (Å²) < 4.78 is 5.63. The first-order valence-electron chi connectivity index (χ1n) is 13.4. The van der Waals surface area contributed by atoms with Crippen molar-refractivity contribution < 1.29 is 19.1 Å². The Morgan fingerprint density at radius 1 is 0.675 bits per heavy atom. The number of amides is 1. The van der Waals surface area contributed by atoms with Crippen molar-refractivity contribution in [1.82, 2.24) is 5.32 Å². The highest BCUT2D eigenvalue weighted by molar-refractivity contribution is 7.97. The number of carbonyl (C=O) groups is 3. The Morgan fingerprint density at radius 3 is 1.45 bits per heavy atom. The van der Waals surface area contributed by atoms with Gasteiger partial charge < -0.3 is 10.1 Å². The van der Waals surface area contributed by atoms with Gasteiger partial charge >= 0.3 is 5.97 Å². The van der Waals surface area contributed by atoms with Crippen LogP contribution in [0.2, 0.25) is 0 Å². The maximum absolute atomic E-state index is 14.8. The van der Waals surface area contributed by atoms with Gasteiger partial charge in [0.1, 0.15) is 5.29 Å². The van der Waals surface area contributed by atoms with Gasteiger partial charge in [-0.1, -0.05) is 123 Å². The molecule has 0 saturated carbocycles. The normalized spacial score (nSPS) is 11.9. The largest absolute Gasteiger partial charge is 0.462 e. The van der Waals surface area contributed by atoms with Crippen LogP contribution in [0.1, 0.15) is 31.1 Å². The quantitative estimate of drug-likeness (QED) is 0.176. The van der Waals surface area contributed by atoms with Crippen LogP contribution < -0.4 is 21.2 Å². The Bertz CT molecular complexity index is 1400. The lowest BCUT2D eigenvalue weighted by molar-refractivity contribution is -0.135. The predicted molar refractivity (Wildman–Crippen MR) is 164 cm³/mol. The van der Waals surface area contributed by atoms with Gasteiger partial charge in [0.05, 0.1) is 12.6 Å². The molecule has 6 heteroatoms. The van der Waals surface area contributed by atoms with Crippen LogP contribution in [-0.2, 0) is 14.3 Å². The van der Waals surface area contributed by atoms with Crippen molar-refractivity contribution in [2.45, 2.75) is 26.8 Å². The van der Waals surface area contributed by atoms with Crippen molar-refractivity contribution >= 4 is 45.8 Å². The smallest absolute Gasteiger partial charge is 0.342 e. The van der Waals surface area contributed by atoms with Crippen molar-refractivity contribution in [2.75, 3.05) is 6.61 Å². The summed E-state index contributed by atoms with van der Waals surface area (Å²) in [5, 5.41) is 5.54. The lowest BCUT2D eigenvalue weighted by Crippen LogP contribution is -2.51. The van der Waals surface area contributed by atoms with Crippen LogP contribution in [0.5, 0.6) is 0 Å². The summed E-state index contributed by atoms with van der Waals surface area (Å²) in [5.41, 5.74) is 0.439. The summed E-state index contributed by atoms with van der Waals surface area (Å²) in [4.78, 5) is 42.1. The fourth-order valence-corrected chi connectivity index (χ4v) is 9.22. The summed E-state index contributed by atoms with van der Waals surface area (Å²) in [6, 6.07) is 36.8. The average Bonchev–Trinajstić information content (AvgIpc) is 3.00. The third kappa shape index (κ3) is 5.85. The zero-order valence-electron chi connectivity index (χ0n) is 23.0. The molecule has 4 aromatic rings. The van der Waals surface area contributed by atoms with Crippen LogP contribution in [0, 0.1) is 5.92 Å². The van der Waals surface area contributed by atoms with E-state index in [0.717, 1.165) is 15.9 Å². The van der Waals surface area contributed by atoms with Crippen molar-refractivity contribution in [1.29, 1.82) is 0 Å². The lowest BCUT2D eigenvalue weighted by Gasteiger charge is -2.33. The molecule has 5 nitrogen and oxygen atoms in total. The minimum absolute atomic E-state index is 0.0602. The van der Waals surface area contributed by atoms with Crippen LogP contribution in [0.4, 0.5) is 0 Å². The van der Waals surface area contributed by atoms with E-state index in [2.05, 4.69) is 5.32 Å². The van der Waals surface area contributed by atoms with Gasteiger partial charge in [-0.05, 0) is 47.8 Å². The van der Waals surface area contributed by atoms with Crippen LogP contribution in [0.25, 0.3) is 0 Å². The average molecular weight is 552 g/mol. The molecular weight excluding hydrogens is 517 g/mol. The number of carbonyl (C=O) groups excluding carboxylic acids is 3. The van der Waals surface area contributed by atoms with Gasteiger partial charge in [0, 0.05) is 5.56 Å². The summed E-state index contributed by atoms with van der Waals surface area (Å²) in [6.07, 6.45) is 0. The molecule has 0 aromatic heterocycles. The predicted octanol–water partition coefficient (Wildman–Crippen LogP) is 4.74. The molecule has 0 saturated heterocycles. The van der Waals surface area contributed by atoms with Gasteiger partial charge in [0.25, 0.3) is 5.91 Å². The molecule has 4 rings (SSSR count). The van der Waals surface area contributed by atoms with E-state index in [1.165, 1.54) is 0 Å². The first-order chi connectivity index (χ1) is 19.4. The van der Waals surface area contributed by atoms with Gasteiger partial charge in [0.15, 0.2) is 5.78 Å². The number of Topliss-reactive ketones (excluding diaryl/α,β-unsaturated/α-hetero) is 1. The first kappa shape index (κ1) is 28.8. The first-order valence-corrected chi connectivity index (χ1v) is 15.2. The fourth-order valence-electron chi connectivity index (χ4n) is 4.89. The van der Waals surface area contributed by atoms with E-state index in [0.29, 0.717) is 5.56 Å². The van der Waals surface area contributed by atoms with Crippen LogP contribution in [0.15, 0.2) is 121 Å². The van der Waals surface area contributed by atoms with Gasteiger partial charge in [-0.15, -0.1) is 0 Å². The Labute approximate surface area is 236 Å². The Hall–Kier alpha value is -4.21. The standard InChI is InChI=1S/C34H34NO4P/c1-4-39-34(38)32(31(36)30(25(2)3)35-33(37)26-17-9-5-10-18-26)40(27-19-11-6-12-20-27,28-21-13-7-14-22-28)29-23-15-8-16-24-29/h5-25,30H,4H2,1-3H3,(H,35,37). The van der Waals surface area contributed by atoms with Gasteiger partial charge in [-0.2, -0.15) is 0 Å². The molecule has 1 unspecified atom stereocenters. The molecule has 4 aromatic carbocycles. The molecule has 1 atom stereocenters. The maximum atomic E-state index is 14.8. The van der Waals surface area contributed by atoms with Crippen molar-refractivity contribution in [2.24, 2.45) is 5.92 Å². The molecule has 0 heterocycles. The summed E-state index contributed by atoms with van der Waals surface area (Å²) in [6.45, 7) is 2.49. The molecule has 1 amide bonds. The van der Waals surface area contributed by atoms with Gasteiger partial charge in [-0.25, -0.2) is 4.79 Å². The Kier molecular flexibility index (Phi) is 9.52. The fraction of sp³-hybridized carbons (Fsp3) is 0.176. The SMILES string of the molecule is CCOC(=O)C(C(=O)C(NC(=O)c1ccccc1)C(C)C)=P(c1ccccc1)(c1ccccc1)c1ccccc1. The highest BCUT2D eigenvalue weighted by Crippen LogP contribution is 2.47. The second-order valence-electron chi connectivity index (χ2n) is 9.67. The molecule has 0 aliphatic rings. The van der Waals surface area contributed by atoms with Gasteiger partial charge in [0.2, 0.25) is 0 Å². The third-order valence-electron chi connectivity index (χ3n) is 6.74. The minimum atomic E-state index is -3.07. The lowest BCUT2D eigenvalue weighted by atomic mass is 9.97. The van der Waals surface area contributed by atoms with E-state index >= 15 is 0 Å². The summed E-state index contributed by atoms with van der Waals surface area (Å²) in [7, 11) is 0. The minimum Gasteiger partial charge on any atom is -0.462 e. The van der Waals surface area contributed by atoms with Gasteiger partial charge in [-0.3, -0.25) is 9.59 Å². The number of rotatable bonds is 10. The van der Waals surface area contributed by atoms with Crippen molar-refractivity contribution in [3.05, 3.63) is 127 Å². The van der Waals surface area contributed by atoms with E-state index in [-0.39, 0.29) is 23.7 Å². The molecular formula is C34H34NO4P. The number of esters is 1. The highest BCUT2D eigenvalue weighted by atomic mass is 31.2. The number of hydrogen-bond acceptors (Lipinski definition) is 4. The number of nitrogens with one attached hydrogen (secondary N) is 1. The molecule has 204 valence electrons. The molecule has 0 fully saturated rings. The Morgan fingerprint density at radius 2 is 1.07 bits per heavy atom. The molecule has 0 radical (unpaired) electrons. The molecule has 1 N–H and O–H groups in total. The van der Waals surface area contributed by atoms with E-state index in [9.17, 15) is 14.4 Å². The van der Waals surface area contributed by atoms with Crippen molar-refractivity contribution in [3.63, 3.8) is 0 Å².